The van der Waals surface area contributed by atoms with Crippen molar-refractivity contribution in [1.82, 2.24) is 4.98 Å². The molecule has 1 heterocycles. The van der Waals surface area contributed by atoms with Gasteiger partial charge in [-0.25, -0.2) is 4.98 Å². The molecule has 4 N–H and O–H groups in total. The Kier molecular flexibility index (Phi) is 1.66. The van der Waals surface area contributed by atoms with Gasteiger partial charge in [0, 0.05) is 5.56 Å². The van der Waals surface area contributed by atoms with Crippen molar-refractivity contribution in [2.24, 2.45) is 5.73 Å². The molecule has 0 spiro atoms. The normalized spacial score (nSPS) is 10.5. The molecule has 2 rings (SSSR count). The monoisotopic (exact) mass is 193 g/mol. The second-order valence-electron chi connectivity index (χ2n) is 2.60. The molecule has 0 aliphatic heterocycles. The number of fused-ring (bicyclic) bond motifs is 1. The lowest BCUT2D eigenvalue weighted by atomic mass is 10.2. The molecular formula is C8H7N3OS. The second kappa shape index (κ2) is 2.70. The van der Waals surface area contributed by atoms with Gasteiger partial charge in [-0.3, -0.25) is 4.79 Å². The van der Waals surface area contributed by atoms with Crippen LogP contribution in [-0.2, 0) is 0 Å². The Morgan fingerprint density at radius 1 is 1.46 bits per heavy atom. The van der Waals surface area contributed by atoms with Crippen LogP contribution in [-0.4, -0.2) is 10.9 Å². The average molecular weight is 193 g/mol. The average Bonchev–Trinajstić information content (AvgIpc) is 2.42. The van der Waals surface area contributed by atoms with Gasteiger partial charge in [0.05, 0.1) is 10.2 Å². The zero-order valence-corrected chi connectivity index (χ0v) is 7.47. The van der Waals surface area contributed by atoms with E-state index < -0.39 is 5.91 Å². The molecule has 0 saturated carbocycles. The van der Waals surface area contributed by atoms with E-state index in [1.54, 1.807) is 18.2 Å². The number of nitrogen functional groups attached to an aromatic ring is 1. The van der Waals surface area contributed by atoms with Crippen LogP contribution in [0.25, 0.3) is 10.2 Å². The highest BCUT2D eigenvalue weighted by molar-refractivity contribution is 7.22. The molecule has 5 heteroatoms. The minimum atomic E-state index is -0.450. The summed E-state index contributed by atoms with van der Waals surface area (Å²) in [4.78, 5) is 14.9. The predicted octanol–water partition coefficient (Wildman–Crippen LogP) is 0.977. The van der Waals surface area contributed by atoms with E-state index in [9.17, 15) is 4.79 Å². The van der Waals surface area contributed by atoms with Gasteiger partial charge in [0.15, 0.2) is 5.13 Å². The highest BCUT2D eigenvalue weighted by Gasteiger charge is 2.04. The fourth-order valence-electron chi connectivity index (χ4n) is 1.10. The first-order valence-corrected chi connectivity index (χ1v) is 4.44. The van der Waals surface area contributed by atoms with Crippen molar-refractivity contribution in [1.29, 1.82) is 0 Å². The summed E-state index contributed by atoms with van der Waals surface area (Å²) >= 11 is 1.39. The SMILES string of the molecule is NC(=O)c1ccc2sc(N)nc2c1. The molecule has 0 radical (unpaired) electrons. The molecule has 0 atom stereocenters. The van der Waals surface area contributed by atoms with Crippen LogP contribution in [0.1, 0.15) is 10.4 Å². The first-order valence-electron chi connectivity index (χ1n) is 3.62. The van der Waals surface area contributed by atoms with Crippen molar-refractivity contribution in [3.63, 3.8) is 0 Å². The summed E-state index contributed by atoms with van der Waals surface area (Å²) in [5.41, 5.74) is 11.8. The van der Waals surface area contributed by atoms with Crippen LogP contribution in [0, 0.1) is 0 Å². The second-order valence-corrected chi connectivity index (χ2v) is 3.66. The molecule has 0 fully saturated rings. The lowest BCUT2D eigenvalue weighted by Crippen LogP contribution is -2.10. The number of amides is 1. The van der Waals surface area contributed by atoms with Crippen molar-refractivity contribution >= 4 is 32.6 Å². The zero-order chi connectivity index (χ0) is 9.42. The van der Waals surface area contributed by atoms with E-state index in [4.69, 9.17) is 11.5 Å². The van der Waals surface area contributed by atoms with Gasteiger partial charge in [0.25, 0.3) is 0 Å². The van der Waals surface area contributed by atoms with Gasteiger partial charge in [-0.05, 0) is 18.2 Å². The third kappa shape index (κ3) is 1.33. The van der Waals surface area contributed by atoms with E-state index in [2.05, 4.69) is 4.98 Å². The number of thiazole rings is 1. The van der Waals surface area contributed by atoms with Crippen molar-refractivity contribution in [3.05, 3.63) is 23.8 Å². The van der Waals surface area contributed by atoms with E-state index in [1.807, 2.05) is 0 Å². The largest absolute Gasteiger partial charge is 0.375 e. The van der Waals surface area contributed by atoms with E-state index in [0.29, 0.717) is 10.7 Å². The quantitative estimate of drug-likeness (QED) is 0.708. The number of carbonyl (C=O) groups excluding carboxylic acids is 1. The Morgan fingerprint density at radius 3 is 2.92 bits per heavy atom. The first-order chi connectivity index (χ1) is 6.16. The highest BCUT2D eigenvalue weighted by Crippen LogP contribution is 2.24. The molecule has 0 aliphatic carbocycles. The van der Waals surface area contributed by atoms with Gasteiger partial charge in [-0.2, -0.15) is 0 Å². The topological polar surface area (TPSA) is 82.0 Å². The van der Waals surface area contributed by atoms with Crippen LogP contribution < -0.4 is 11.5 Å². The van der Waals surface area contributed by atoms with Crippen molar-refractivity contribution < 1.29 is 4.79 Å². The molecule has 13 heavy (non-hydrogen) atoms. The summed E-state index contributed by atoms with van der Waals surface area (Å²) in [5, 5.41) is 0.497. The van der Waals surface area contributed by atoms with E-state index in [0.717, 1.165) is 10.2 Å². The molecule has 1 amide bonds. The first kappa shape index (κ1) is 8.00. The molecule has 1 aromatic heterocycles. The maximum Gasteiger partial charge on any atom is 0.248 e. The van der Waals surface area contributed by atoms with Gasteiger partial charge in [-0.15, -0.1) is 0 Å². The van der Waals surface area contributed by atoms with Crippen molar-refractivity contribution in [2.45, 2.75) is 0 Å². The standard InChI is InChI=1S/C8H7N3OS/c9-7(12)4-1-2-6-5(3-4)11-8(10)13-6/h1-3H,(H2,9,12)(H2,10,11). The molecule has 0 bridgehead atoms. The highest BCUT2D eigenvalue weighted by atomic mass is 32.1. The molecular weight excluding hydrogens is 186 g/mol. The Bertz CT molecular complexity index is 477. The number of carbonyl (C=O) groups is 1. The minimum Gasteiger partial charge on any atom is -0.375 e. The van der Waals surface area contributed by atoms with Crippen LogP contribution >= 0.6 is 11.3 Å². The van der Waals surface area contributed by atoms with Gasteiger partial charge in [0.2, 0.25) is 5.91 Å². The Morgan fingerprint density at radius 2 is 2.23 bits per heavy atom. The number of hydrogen-bond acceptors (Lipinski definition) is 4. The molecule has 66 valence electrons. The fourth-order valence-corrected chi connectivity index (χ4v) is 1.81. The van der Waals surface area contributed by atoms with Crippen LogP contribution in [0.3, 0.4) is 0 Å². The van der Waals surface area contributed by atoms with Gasteiger partial charge >= 0.3 is 0 Å². The van der Waals surface area contributed by atoms with Crippen LogP contribution in [0.15, 0.2) is 18.2 Å². The molecule has 0 aliphatic rings. The smallest absolute Gasteiger partial charge is 0.248 e. The molecule has 0 unspecified atom stereocenters. The summed E-state index contributed by atoms with van der Waals surface area (Å²) in [5.74, 6) is -0.450. The predicted molar refractivity (Wildman–Crippen MR) is 52.6 cm³/mol. The lowest BCUT2D eigenvalue weighted by molar-refractivity contribution is 0.100. The van der Waals surface area contributed by atoms with Crippen molar-refractivity contribution in [2.75, 3.05) is 5.73 Å². The number of nitrogens with two attached hydrogens (primary N) is 2. The summed E-state index contributed by atoms with van der Waals surface area (Å²) in [6.07, 6.45) is 0. The summed E-state index contributed by atoms with van der Waals surface area (Å²) in [6, 6.07) is 5.11. The lowest BCUT2D eigenvalue weighted by Gasteiger charge is -1.92. The van der Waals surface area contributed by atoms with Gasteiger partial charge in [0.1, 0.15) is 0 Å². The maximum atomic E-state index is 10.8. The Hall–Kier alpha value is -1.62. The third-order valence-electron chi connectivity index (χ3n) is 1.69. The summed E-state index contributed by atoms with van der Waals surface area (Å²) < 4.78 is 0.961. The molecule has 4 nitrogen and oxygen atoms in total. The number of rotatable bonds is 1. The van der Waals surface area contributed by atoms with Gasteiger partial charge < -0.3 is 11.5 Å². The molecule has 1 aromatic carbocycles. The van der Waals surface area contributed by atoms with E-state index >= 15 is 0 Å². The van der Waals surface area contributed by atoms with Crippen LogP contribution in [0.5, 0.6) is 0 Å². The Balaban J connectivity index is 2.67. The molecule has 0 saturated heterocycles. The summed E-state index contributed by atoms with van der Waals surface area (Å²) in [6.45, 7) is 0. The summed E-state index contributed by atoms with van der Waals surface area (Å²) in [7, 11) is 0. The van der Waals surface area contributed by atoms with Crippen molar-refractivity contribution in [3.8, 4) is 0 Å². The molecule has 2 aromatic rings. The number of primary amides is 1. The number of benzene rings is 1. The number of aromatic nitrogens is 1. The van der Waals surface area contributed by atoms with E-state index in [-0.39, 0.29) is 0 Å². The van der Waals surface area contributed by atoms with E-state index in [1.165, 1.54) is 11.3 Å². The third-order valence-corrected chi connectivity index (χ3v) is 2.55. The number of nitrogens with zero attached hydrogens (tertiary/aromatic N) is 1. The van der Waals surface area contributed by atoms with Gasteiger partial charge in [-0.1, -0.05) is 11.3 Å². The van der Waals surface area contributed by atoms with Crippen LogP contribution in [0.4, 0.5) is 5.13 Å². The Labute approximate surface area is 78.2 Å². The number of anilines is 1. The fraction of sp³-hybridized carbons (Fsp3) is 0. The minimum absolute atomic E-state index is 0.450. The van der Waals surface area contributed by atoms with Crippen LogP contribution in [0.2, 0.25) is 0 Å². The number of hydrogen-bond donors (Lipinski definition) is 2. The zero-order valence-electron chi connectivity index (χ0n) is 6.65. The maximum absolute atomic E-state index is 10.8.